The molecule has 0 unspecified atom stereocenters. The molecule has 0 saturated heterocycles. The quantitative estimate of drug-likeness (QED) is 0.186. The maximum atomic E-state index is 6.62. The molecule has 10 rings (SSSR count). The van der Waals surface area contributed by atoms with Crippen LogP contribution in [-0.2, 0) is 0 Å². The summed E-state index contributed by atoms with van der Waals surface area (Å²) in [6, 6.07) is 61.0. The number of rotatable bonds is 5. The highest BCUT2D eigenvalue weighted by atomic mass is 16.3. The SMILES string of the molecule is c1ccc(-c2cccc(-c3ccc4oc5c6ccccc6c(-c6nc(-c7ccccc7)nc(-c7cccc8ccccc78)n6)cc5c4c3)c2)cc1. The van der Waals surface area contributed by atoms with Crippen LogP contribution in [-0.4, -0.2) is 15.0 Å². The van der Waals surface area contributed by atoms with Crippen LogP contribution in [0, 0.1) is 0 Å². The number of hydrogen-bond acceptors (Lipinski definition) is 4. The van der Waals surface area contributed by atoms with Gasteiger partial charge in [-0.15, -0.1) is 0 Å². The zero-order valence-electron chi connectivity index (χ0n) is 27.5. The van der Waals surface area contributed by atoms with Crippen molar-refractivity contribution in [2.24, 2.45) is 0 Å². The summed E-state index contributed by atoms with van der Waals surface area (Å²) in [5, 5.41) is 6.34. The molecule has 51 heavy (non-hydrogen) atoms. The van der Waals surface area contributed by atoms with Crippen molar-refractivity contribution in [1.82, 2.24) is 15.0 Å². The molecule has 4 nitrogen and oxygen atoms in total. The Hall–Kier alpha value is -6.91. The average molecular weight is 652 g/mol. The van der Waals surface area contributed by atoms with Crippen LogP contribution in [0.1, 0.15) is 0 Å². The molecule has 0 bridgehead atoms. The Morgan fingerprint density at radius 1 is 0.314 bits per heavy atom. The predicted molar refractivity (Wildman–Crippen MR) is 209 cm³/mol. The minimum atomic E-state index is 0.617. The summed E-state index contributed by atoms with van der Waals surface area (Å²) >= 11 is 0. The number of benzene rings is 8. The molecule has 10 aromatic rings. The van der Waals surface area contributed by atoms with Crippen LogP contribution >= 0.6 is 0 Å². The van der Waals surface area contributed by atoms with E-state index in [0.717, 1.165) is 71.3 Å². The molecular formula is C47H29N3O. The molecule has 4 heteroatoms. The van der Waals surface area contributed by atoms with Crippen molar-refractivity contribution >= 4 is 43.5 Å². The van der Waals surface area contributed by atoms with E-state index < -0.39 is 0 Å². The van der Waals surface area contributed by atoms with Crippen LogP contribution in [0.3, 0.4) is 0 Å². The van der Waals surface area contributed by atoms with Crippen LogP contribution in [0.15, 0.2) is 180 Å². The van der Waals surface area contributed by atoms with Crippen molar-refractivity contribution in [3.63, 3.8) is 0 Å². The Balaban J connectivity index is 1.21. The fraction of sp³-hybridized carbons (Fsp3) is 0. The van der Waals surface area contributed by atoms with Gasteiger partial charge in [-0.05, 0) is 62.7 Å². The predicted octanol–water partition coefficient (Wildman–Crippen LogP) is 12.4. The van der Waals surface area contributed by atoms with Crippen LogP contribution in [0.4, 0.5) is 0 Å². The molecule has 0 aliphatic carbocycles. The molecule has 2 heterocycles. The highest BCUT2D eigenvalue weighted by Crippen LogP contribution is 2.41. The van der Waals surface area contributed by atoms with Crippen molar-refractivity contribution in [2.45, 2.75) is 0 Å². The molecule has 0 atom stereocenters. The third-order valence-electron chi connectivity index (χ3n) is 9.72. The lowest BCUT2D eigenvalue weighted by molar-refractivity contribution is 0.673. The van der Waals surface area contributed by atoms with Gasteiger partial charge in [0.1, 0.15) is 11.2 Å². The van der Waals surface area contributed by atoms with E-state index >= 15 is 0 Å². The van der Waals surface area contributed by atoms with Gasteiger partial charge in [0.15, 0.2) is 17.5 Å². The summed E-state index contributed by atoms with van der Waals surface area (Å²) in [6.07, 6.45) is 0. The van der Waals surface area contributed by atoms with Gasteiger partial charge in [-0.3, -0.25) is 0 Å². The largest absolute Gasteiger partial charge is 0.455 e. The lowest BCUT2D eigenvalue weighted by atomic mass is 9.96. The highest BCUT2D eigenvalue weighted by molar-refractivity contribution is 6.19. The highest BCUT2D eigenvalue weighted by Gasteiger charge is 2.20. The standard InChI is InChI=1S/C47H29N3O/c1-3-13-30(14-4-1)33-19-11-20-34(27-33)35-25-26-43-40(28-35)41-29-42(37-22-9-10-23-38(37)44(41)51-43)47-49-45(32-16-5-2-6-17-32)48-46(50-47)39-24-12-18-31-15-7-8-21-36(31)39/h1-29H. The van der Waals surface area contributed by atoms with Crippen LogP contribution in [0.5, 0.6) is 0 Å². The van der Waals surface area contributed by atoms with E-state index in [4.69, 9.17) is 19.4 Å². The smallest absolute Gasteiger partial charge is 0.164 e. The summed E-state index contributed by atoms with van der Waals surface area (Å²) in [7, 11) is 0. The molecule has 0 aliphatic heterocycles. The van der Waals surface area contributed by atoms with Gasteiger partial charge in [0.05, 0.1) is 0 Å². The Bertz CT molecular complexity index is 2910. The van der Waals surface area contributed by atoms with E-state index in [1.165, 1.54) is 11.1 Å². The zero-order chi connectivity index (χ0) is 33.7. The van der Waals surface area contributed by atoms with E-state index in [1.807, 2.05) is 36.4 Å². The molecule has 0 N–H and O–H groups in total. The normalized spacial score (nSPS) is 11.5. The summed E-state index contributed by atoms with van der Waals surface area (Å²) in [4.78, 5) is 15.4. The first kappa shape index (κ1) is 29.0. The molecule has 0 amide bonds. The minimum Gasteiger partial charge on any atom is -0.455 e. The fourth-order valence-corrected chi connectivity index (χ4v) is 7.23. The van der Waals surface area contributed by atoms with E-state index in [0.29, 0.717) is 17.5 Å². The monoisotopic (exact) mass is 651 g/mol. The third kappa shape index (κ3) is 5.04. The molecule has 0 fully saturated rings. The van der Waals surface area contributed by atoms with Crippen LogP contribution in [0.2, 0.25) is 0 Å². The number of furan rings is 1. The Morgan fingerprint density at radius 2 is 0.882 bits per heavy atom. The fourth-order valence-electron chi connectivity index (χ4n) is 7.23. The summed E-state index contributed by atoms with van der Waals surface area (Å²) in [6.45, 7) is 0. The Morgan fingerprint density at radius 3 is 1.69 bits per heavy atom. The molecule has 8 aromatic carbocycles. The third-order valence-corrected chi connectivity index (χ3v) is 9.72. The minimum absolute atomic E-state index is 0.617. The second-order valence-corrected chi connectivity index (χ2v) is 12.8. The lowest BCUT2D eigenvalue weighted by Gasteiger charge is -2.12. The molecule has 0 saturated carbocycles. The van der Waals surface area contributed by atoms with Crippen LogP contribution in [0.25, 0.3) is 99.9 Å². The van der Waals surface area contributed by atoms with Crippen molar-refractivity contribution in [3.05, 3.63) is 176 Å². The first-order chi connectivity index (χ1) is 25.3. The molecule has 0 radical (unpaired) electrons. The lowest BCUT2D eigenvalue weighted by Crippen LogP contribution is -2.01. The van der Waals surface area contributed by atoms with Crippen molar-refractivity contribution < 1.29 is 4.42 Å². The summed E-state index contributed by atoms with van der Waals surface area (Å²) in [5.41, 5.74) is 9.18. The molecule has 0 aliphatic rings. The number of fused-ring (bicyclic) bond motifs is 6. The zero-order valence-corrected chi connectivity index (χ0v) is 27.5. The second-order valence-electron chi connectivity index (χ2n) is 12.8. The number of hydrogen-bond donors (Lipinski definition) is 0. The van der Waals surface area contributed by atoms with Gasteiger partial charge in [0.2, 0.25) is 0 Å². The topological polar surface area (TPSA) is 51.8 Å². The van der Waals surface area contributed by atoms with E-state index in [1.54, 1.807) is 0 Å². The summed E-state index contributed by atoms with van der Waals surface area (Å²) < 4.78 is 6.62. The average Bonchev–Trinajstić information content (AvgIpc) is 3.59. The molecular weight excluding hydrogens is 623 g/mol. The van der Waals surface area contributed by atoms with Crippen molar-refractivity contribution in [3.8, 4) is 56.4 Å². The van der Waals surface area contributed by atoms with Gasteiger partial charge in [0, 0.05) is 32.8 Å². The van der Waals surface area contributed by atoms with Gasteiger partial charge in [-0.1, -0.05) is 152 Å². The molecule has 238 valence electrons. The first-order valence-electron chi connectivity index (χ1n) is 17.1. The van der Waals surface area contributed by atoms with Gasteiger partial charge < -0.3 is 4.42 Å². The van der Waals surface area contributed by atoms with Gasteiger partial charge in [0.25, 0.3) is 0 Å². The Labute approximate surface area is 294 Å². The maximum absolute atomic E-state index is 6.62. The maximum Gasteiger partial charge on any atom is 0.164 e. The Kier molecular flexibility index (Phi) is 6.78. The van der Waals surface area contributed by atoms with Crippen molar-refractivity contribution in [2.75, 3.05) is 0 Å². The molecule has 0 spiro atoms. The van der Waals surface area contributed by atoms with E-state index in [9.17, 15) is 0 Å². The summed E-state index contributed by atoms with van der Waals surface area (Å²) in [5.74, 6) is 1.88. The first-order valence-corrected chi connectivity index (χ1v) is 17.1. The van der Waals surface area contributed by atoms with Gasteiger partial charge in [-0.2, -0.15) is 0 Å². The van der Waals surface area contributed by atoms with E-state index in [2.05, 4.69) is 140 Å². The number of aromatic nitrogens is 3. The molecule has 2 aromatic heterocycles. The second kappa shape index (κ2) is 11.9. The number of nitrogens with zero attached hydrogens (tertiary/aromatic N) is 3. The van der Waals surface area contributed by atoms with Crippen LogP contribution < -0.4 is 0 Å². The van der Waals surface area contributed by atoms with Gasteiger partial charge in [-0.25, -0.2) is 15.0 Å². The van der Waals surface area contributed by atoms with Crippen molar-refractivity contribution in [1.29, 1.82) is 0 Å². The van der Waals surface area contributed by atoms with E-state index in [-0.39, 0.29) is 0 Å². The van der Waals surface area contributed by atoms with Gasteiger partial charge >= 0.3 is 0 Å².